The fourth-order valence-corrected chi connectivity index (χ4v) is 4.02. The number of halogens is 3. The van der Waals surface area contributed by atoms with Crippen molar-refractivity contribution in [3.63, 3.8) is 0 Å². The number of aromatic nitrogens is 1. The van der Waals surface area contributed by atoms with E-state index in [9.17, 15) is 22.8 Å². The second kappa shape index (κ2) is 13.9. The Labute approximate surface area is 237 Å². The number of allylic oxidation sites excluding steroid dienone is 6. The molecule has 1 aliphatic rings. The predicted octanol–water partition coefficient (Wildman–Crippen LogP) is 4.32. The van der Waals surface area contributed by atoms with Crippen LogP contribution < -0.4 is 16.4 Å². The van der Waals surface area contributed by atoms with E-state index in [1.165, 1.54) is 29.3 Å². The summed E-state index contributed by atoms with van der Waals surface area (Å²) in [6, 6.07) is 0. The van der Waals surface area contributed by atoms with Crippen molar-refractivity contribution in [2.24, 2.45) is 17.1 Å². The van der Waals surface area contributed by atoms with E-state index >= 15 is 0 Å². The van der Waals surface area contributed by atoms with E-state index in [1.54, 1.807) is 27.0 Å². The van der Waals surface area contributed by atoms with Gasteiger partial charge in [-0.3, -0.25) is 19.9 Å². The van der Waals surface area contributed by atoms with Gasteiger partial charge in [0.05, 0.1) is 5.70 Å². The van der Waals surface area contributed by atoms with Gasteiger partial charge in [0.1, 0.15) is 6.26 Å². The van der Waals surface area contributed by atoms with Crippen molar-refractivity contribution in [1.82, 2.24) is 20.5 Å². The van der Waals surface area contributed by atoms with E-state index in [-0.39, 0.29) is 72.2 Å². The van der Waals surface area contributed by atoms with E-state index < -0.39 is 23.9 Å². The van der Waals surface area contributed by atoms with Crippen molar-refractivity contribution >= 4 is 28.9 Å². The molecule has 0 spiro atoms. The van der Waals surface area contributed by atoms with Crippen molar-refractivity contribution in [2.75, 3.05) is 20.1 Å². The number of carbonyl (C=O) groups is 2. The Kier molecular flexibility index (Phi) is 11.2. The molecule has 1 aromatic heterocycles. The van der Waals surface area contributed by atoms with Crippen molar-refractivity contribution < 1.29 is 27.2 Å². The number of rotatable bonds is 13. The van der Waals surface area contributed by atoms with Gasteiger partial charge in [0.25, 0.3) is 5.91 Å². The highest BCUT2D eigenvalue weighted by atomic mass is 19.4. The zero-order valence-corrected chi connectivity index (χ0v) is 23.3. The Morgan fingerprint density at radius 1 is 1.37 bits per heavy atom. The standard InChI is InChI=1S/C28H36F3N7O3/c1-6-7-9-18(12-17(2)20(33)10-8-11-28(29,30)31)25-37-22(16-41-25)24(39)36-21(14-35-5)23(34)38-15-19(13-32)27(3,4)26(38)40/h6-7,9,12,14,16,19,33-35H,1-2,8,10-11,13,15,32H2,3-5H3,(H,36,39)/b9-7-,18-12+,21-14+,33-20?,34-23?. The number of nitrogens with two attached hydrogens (primary N) is 1. The fourth-order valence-electron chi connectivity index (χ4n) is 4.02. The maximum atomic E-state index is 13.0. The van der Waals surface area contributed by atoms with Crippen LogP contribution in [0.25, 0.3) is 5.57 Å². The third-order valence-electron chi connectivity index (χ3n) is 6.57. The molecule has 0 bridgehead atoms. The average molecular weight is 576 g/mol. The third-order valence-corrected chi connectivity index (χ3v) is 6.57. The second-order valence-corrected chi connectivity index (χ2v) is 9.92. The first-order valence-electron chi connectivity index (χ1n) is 12.8. The third kappa shape index (κ3) is 8.61. The van der Waals surface area contributed by atoms with E-state index in [0.717, 1.165) is 6.26 Å². The number of hydrogen-bond donors (Lipinski definition) is 5. The van der Waals surface area contributed by atoms with Crippen LogP contribution in [0.5, 0.6) is 0 Å². The lowest BCUT2D eigenvalue weighted by molar-refractivity contribution is -0.135. The molecule has 1 fully saturated rings. The van der Waals surface area contributed by atoms with Crippen LogP contribution in [0.1, 0.15) is 49.5 Å². The highest BCUT2D eigenvalue weighted by molar-refractivity contribution is 6.10. The highest BCUT2D eigenvalue weighted by Crippen LogP contribution is 2.36. The van der Waals surface area contributed by atoms with E-state index in [4.69, 9.17) is 21.0 Å². The quantitative estimate of drug-likeness (QED) is 0.134. The first-order valence-corrected chi connectivity index (χ1v) is 12.8. The summed E-state index contributed by atoms with van der Waals surface area (Å²) >= 11 is 0. The smallest absolute Gasteiger partial charge is 0.389 e. The number of hydrogen-bond acceptors (Lipinski definition) is 8. The molecule has 13 heteroatoms. The normalized spacial score (nSPS) is 17.6. The average Bonchev–Trinajstić information content (AvgIpc) is 3.48. The zero-order chi connectivity index (χ0) is 31.0. The van der Waals surface area contributed by atoms with Gasteiger partial charge in [-0.15, -0.1) is 0 Å². The fraction of sp³-hybridized carbons (Fsp3) is 0.393. The number of nitrogens with one attached hydrogen (secondary N) is 4. The van der Waals surface area contributed by atoms with Crippen molar-refractivity contribution in [3.05, 3.63) is 72.8 Å². The molecule has 0 radical (unpaired) electrons. The molecule has 2 amide bonds. The molecule has 6 N–H and O–H groups in total. The number of oxazole rings is 1. The van der Waals surface area contributed by atoms with Crippen LogP contribution in [0, 0.1) is 22.2 Å². The molecule has 1 aromatic rings. The Morgan fingerprint density at radius 3 is 2.61 bits per heavy atom. The summed E-state index contributed by atoms with van der Waals surface area (Å²) in [6.45, 7) is 11.4. The molecule has 10 nitrogen and oxygen atoms in total. The van der Waals surface area contributed by atoms with E-state index in [1.807, 2.05) is 0 Å². The Morgan fingerprint density at radius 2 is 2.05 bits per heavy atom. The summed E-state index contributed by atoms with van der Waals surface area (Å²) in [6.07, 6.45) is 2.74. The van der Waals surface area contributed by atoms with E-state index in [2.05, 4.69) is 28.8 Å². The van der Waals surface area contributed by atoms with Crippen LogP contribution in [0.2, 0.25) is 0 Å². The molecule has 0 aliphatic carbocycles. The molecule has 1 saturated heterocycles. The summed E-state index contributed by atoms with van der Waals surface area (Å²) < 4.78 is 42.8. The van der Waals surface area contributed by atoms with Gasteiger partial charge in [-0.05, 0) is 37.1 Å². The lowest BCUT2D eigenvalue weighted by atomic mass is 9.81. The lowest BCUT2D eigenvalue weighted by Gasteiger charge is -2.22. The van der Waals surface area contributed by atoms with Crippen LogP contribution in [0.4, 0.5) is 13.2 Å². The number of amides is 2. The van der Waals surface area contributed by atoms with Crippen LogP contribution in [0.15, 0.2) is 65.6 Å². The molecule has 1 aliphatic heterocycles. The van der Waals surface area contributed by atoms with Crippen molar-refractivity contribution in [2.45, 2.75) is 39.3 Å². The number of carbonyl (C=O) groups excluding carboxylic acids is 2. The topological polar surface area (TPSA) is 161 Å². The summed E-state index contributed by atoms with van der Waals surface area (Å²) in [5.74, 6) is -1.42. The summed E-state index contributed by atoms with van der Waals surface area (Å²) in [4.78, 5) is 31.5. The SMILES string of the molecule is C=C/C=C\C(=C/C(=C)C(=N)CCCC(F)(F)F)c1nc(C(=O)N/C(=C/NC)C(=N)N2CC(CN)C(C)(C)C2=O)co1. The Hall–Kier alpha value is -4.26. The number of nitrogens with zero attached hydrogens (tertiary/aromatic N) is 2. The molecule has 1 atom stereocenters. The van der Waals surface area contributed by atoms with Gasteiger partial charge in [-0.1, -0.05) is 39.2 Å². The minimum Gasteiger partial charge on any atom is -0.444 e. The number of likely N-dealkylation sites (tertiary alicyclic amines) is 1. The first-order chi connectivity index (χ1) is 19.2. The highest BCUT2D eigenvalue weighted by Gasteiger charge is 2.48. The minimum absolute atomic E-state index is 0.0195. The minimum atomic E-state index is -4.31. The first kappa shape index (κ1) is 32.9. The van der Waals surface area contributed by atoms with Crippen molar-refractivity contribution in [1.29, 1.82) is 10.8 Å². The molecule has 2 rings (SSSR count). The lowest BCUT2D eigenvalue weighted by Crippen LogP contribution is -2.41. The molecule has 0 aromatic carbocycles. The molecular formula is C28H36F3N7O3. The summed E-state index contributed by atoms with van der Waals surface area (Å²) in [7, 11) is 1.57. The van der Waals surface area contributed by atoms with Crippen LogP contribution in [-0.4, -0.2) is 59.6 Å². The van der Waals surface area contributed by atoms with Crippen molar-refractivity contribution in [3.8, 4) is 0 Å². The molecular weight excluding hydrogens is 539 g/mol. The molecule has 222 valence electrons. The van der Waals surface area contributed by atoms with Gasteiger partial charge in [-0.25, -0.2) is 4.98 Å². The largest absolute Gasteiger partial charge is 0.444 e. The molecule has 1 unspecified atom stereocenters. The Balaban J connectivity index is 2.23. The Bertz CT molecular complexity index is 1290. The van der Waals surface area contributed by atoms with Gasteiger partial charge in [0.15, 0.2) is 11.5 Å². The molecule has 0 saturated carbocycles. The second-order valence-electron chi connectivity index (χ2n) is 9.92. The van der Waals surface area contributed by atoms with Crippen LogP contribution in [-0.2, 0) is 4.79 Å². The van der Waals surface area contributed by atoms with Gasteiger partial charge in [-0.2, -0.15) is 13.2 Å². The number of alkyl halides is 3. The van der Waals surface area contributed by atoms with Gasteiger partial charge in [0, 0.05) is 48.8 Å². The summed E-state index contributed by atoms with van der Waals surface area (Å²) in [5.41, 5.74) is 5.30. The molecule has 41 heavy (non-hydrogen) atoms. The van der Waals surface area contributed by atoms with Gasteiger partial charge < -0.3 is 26.2 Å². The maximum absolute atomic E-state index is 13.0. The number of amidine groups is 1. The van der Waals surface area contributed by atoms with Crippen LogP contribution >= 0.6 is 0 Å². The van der Waals surface area contributed by atoms with Gasteiger partial charge in [0.2, 0.25) is 11.8 Å². The van der Waals surface area contributed by atoms with Gasteiger partial charge >= 0.3 is 6.18 Å². The predicted molar refractivity (Wildman–Crippen MR) is 151 cm³/mol. The van der Waals surface area contributed by atoms with E-state index in [0.29, 0.717) is 5.57 Å². The zero-order valence-electron chi connectivity index (χ0n) is 23.3. The monoisotopic (exact) mass is 575 g/mol. The summed E-state index contributed by atoms with van der Waals surface area (Å²) in [5, 5.41) is 22.0. The molecule has 2 heterocycles. The maximum Gasteiger partial charge on any atom is 0.389 e. The van der Waals surface area contributed by atoms with Crippen LogP contribution in [0.3, 0.4) is 0 Å².